The number of para-hydroxylation sites is 1. The molecule has 0 unspecified atom stereocenters. The van der Waals surface area contributed by atoms with Crippen molar-refractivity contribution in [3.63, 3.8) is 0 Å². The number of anilines is 2. The van der Waals surface area contributed by atoms with E-state index in [1.54, 1.807) is 42.3 Å². The number of hydrogen-bond acceptors (Lipinski definition) is 3. The third-order valence-corrected chi connectivity index (χ3v) is 4.30. The van der Waals surface area contributed by atoms with E-state index in [1.807, 2.05) is 19.9 Å². The molecule has 5 nitrogen and oxygen atoms in total. The topological polar surface area (TPSA) is 61.4 Å². The fourth-order valence-electron chi connectivity index (χ4n) is 2.55. The van der Waals surface area contributed by atoms with Crippen molar-refractivity contribution in [1.82, 2.24) is 4.90 Å². The van der Waals surface area contributed by atoms with Gasteiger partial charge < -0.3 is 10.6 Å². The van der Waals surface area contributed by atoms with Gasteiger partial charge in [0, 0.05) is 0 Å². The average molecular weight is 394 g/mol. The van der Waals surface area contributed by atoms with Gasteiger partial charge in [0.1, 0.15) is 0 Å². The number of halogens is 2. The molecule has 0 heterocycles. The van der Waals surface area contributed by atoms with Crippen LogP contribution >= 0.6 is 23.2 Å². The maximum Gasteiger partial charge on any atom is 0.238 e. The Morgan fingerprint density at radius 2 is 1.58 bits per heavy atom. The Morgan fingerprint density at radius 1 is 0.962 bits per heavy atom. The zero-order chi connectivity index (χ0) is 19.3. The SMILES string of the molecule is Cc1cc(C)c(NC(=O)CN(C)CC(=O)Nc2ccccc2Cl)c(Cl)c1. The van der Waals surface area contributed by atoms with E-state index in [0.29, 0.717) is 21.4 Å². The summed E-state index contributed by atoms with van der Waals surface area (Å²) in [5.41, 5.74) is 3.05. The summed E-state index contributed by atoms with van der Waals surface area (Å²) in [6.45, 7) is 3.93. The zero-order valence-corrected chi connectivity index (χ0v) is 16.4. The van der Waals surface area contributed by atoms with Gasteiger partial charge >= 0.3 is 0 Å². The van der Waals surface area contributed by atoms with Crippen LogP contribution in [-0.4, -0.2) is 36.9 Å². The van der Waals surface area contributed by atoms with Crippen LogP contribution < -0.4 is 10.6 Å². The van der Waals surface area contributed by atoms with Crippen LogP contribution in [0.15, 0.2) is 36.4 Å². The smallest absolute Gasteiger partial charge is 0.238 e. The molecule has 0 atom stereocenters. The quantitative estimate of drug-likeness (QED) is 0.775. The van der Waals surface area contributed by atoms with Gasteiger partial charge in [0.05, 0.1) is 34.5 Å². The molecule has 2 N–H and O–H groups in total. The molecule has 0 aliphatic heterocycles. The summed E-state index contributed by atoms with van der Waals surface area (Å²) in [5, 5.41) is 6.49. The maximum absolute atomic E-state index is 12.2. The van der Waals surface area contributed by atoms with E-state index in [2.05, 4.69) is 10.6 Å². The highest BCUT2D eigenvalue weighted by Crippen LogP contribution is 2.27. The molecule has 0 spiro atoms. The largest absolute Gasteiger partial charge is 0.324 e. The van der Waals surface area contributed by atoms with Crippen molar-refractivity contribution in [2.45, 2.75) is 13.8 Å². The van der Waals surface area contributed by atoms with Crippen molar-refractivity contribution < 1.29 is 9.59 Å². The Labute approximate surface area is 163 Å². The van der Waals surface area contributed by atoms with Crippen LogP contribution in [0, 0.1) is 13.8 Å². The van der Waals surface area contributed by atoms with Gasteiger partial charge in [-0.3, -0.25) is 14.5 Å². The van der Waals surface area contributed by atoms with Crippen molar-refractivity contribution in [2.24, 2.45) is 0 Å². The number of aryl methyl sites for hydroxylation is 2. The third kappa shape index (κ3) is 5.73. The maximum atomic E-state index is 12.2. The van der Waals surface area contributed by atoms with Gasteiger partial charge in [-0.2, -0.15) is 0 Å². The molecule has 0 aliphatic rings. The lowest BCUT2D eigenvalue weighted by molar-refractivity contribution is -0.119. The van der Waals surface area contributed by atoms with Gasteiger partial charge in [0.2, 0.25) is 11.8 Å². The minimum absolute atomic E-state index is 0.0548. The third-order valence-electron chi connectivity index (χ3n) is 3.67. The predicted molar refractivity (Wildman–Crippen MR) is 107 cm³/mol. The van der Waals surface area contributed by atoms with E-state index < -0.39 is 0 Å². The minimum Gasteiger partial charge on any atom is -0.324 e. The lowest BCUT2D eigenvalue weighted by Crippen LogP contribution is -2.36. The van der Waals surface area contributed by atoms with E-state index in [0.717, 1.165) is 11.1 Å². The van der Waals surface area contributed by atoms with Crippen molar-refractivity contribution in [2.75, 3.05) is 30.8 Å². The first-order valence-corrected chi connectivity index (χ1v) is 8.81. The number of amides is 2. The van der Waals surface area contributed by atoms with Crippen molar-refractivity contribution in [3.05, 3.63) is 57.6 Å². The molecule has 0 bridgehead atoms. The lowest BCUT2D eigenvalue weighted by atomic mass is 10.1. The van der Waals surface area contributed by atoms with Crippen LogP contribution in [0.2, 0.25) is 10.0 Å². The standard InChI is InChI=1S/C19H21Cl2N3O2/c1-12-8-13(2)19(15(21)9-12)23-18(26)11-24(3)10-17(25)22-16-7-5-4-6-14(16)20/h4-9H,10-11H2,1-3H3,(H,22,25)(H,23,26). The predicted octanol–water partition coefficient (Wildman–Crippen LogP) is 4.12. The molecule has 2 amide bonds. The van der Waals surface area contributed by atoms with Gasteiger partial charge in [0.25, 0.3) is 0 Å². The molecule has 0 saturated heterocycles. The summed E-state index contributed by atoms with van der Waals surface area (Å²) >= 11 is 12.2. The van der Waals surface area contributed by atoms with Crippen LogP contribution in [0.1, 0.15) is 11.1 Å². The number of nitrogens with zero attached hydrogens (tertiary/aromatic N) is 1. The molecule has 0 aliphatic carbocycles. The van der Waals surface area contributed by atoms with E-state index in [-0.39, 0.29) is 24.9 Å². The number of likely N-dealkylation sites (N-methyl/N-ethyl adjacent to an activating group) is 1. The normalized spacial score (nSPS) is 10.7. The van der Waals surface area contributed by atoms with Gasteiger partial charge in [0.15, 0.2) is 0 Å². The van der Waals surface area contributed by atoms with E-state index in [9.17, 15) is 9.59 Å². The Balaban J connectivity index is 1.89. The summed E-state index contributed by atoms with van der Waals surface area (Å²) in [4.78, 5) is 25.9. The number of carbonyl (C=O) groups is 2. The molecule has 2 aromatic carbocycles. The van der Waals surface area contributed by atoms with Crippen molar-refractivity contribution >= 4 is 46.4 Å². The Bertz CT molecular complexity index is 801. The molecular formula is C19H21Cl2N3O2. The Kier molecular flexibility index (Phi) is 7.03. The van der Waals surface area contributed by atoms with Crippen LogP contribution in [0.3, 0.4) is 0 Å². The molecule has 0 radical (unpaired) electrons. The zero-order valence-electron chi connectivity index (χ0n) is 14.9. The summed E-state index contributed by atoms with van der Waals surface area (Å²) in [7, 11) is 1.69. The lowest BCUT2D eigenvalue weighted by Gasteiger charge is -2.17. The van der Waals surface area contributed by atoms with Crippen LogP contribution in [0.5, 0.6) is 0 Å². The van der Waals surface area contributed by atoms with E-state index >= 15 is 0 Å². The molecule has 0 aromatic heterocycles. The molecule has 138 valence electrons. The first-order chi connectivity index (χ1) is 12.3. The van der Waals surface area contributed by atoms with Gasteiger partial charge in [-0.05, 0) is 50.2 Å². The summed E-state index contributed by atoms with van der Waals surface area (Å²) in [6.07, 6.45) is 0. The summed E-state index contributed by atoms with van der Waals surface area (Å²) in [6, 6.07) is 10.7. The number of carbonyl (C=O) groups excluding carboxylic acids is 2. The summed E-state index contributed by atoms with van der Waals surface area (Å²) in [5.74, 6) is -0.496. The number of nitrogens with one attached hydrogen (secondary N) is 2. The number of benzene rings is 2. The number of rotatable bonds is 6. The second kappa shape index (κ2) is 9.03. The Morgan fingerprint density at radius 3 is 2.19 bits per heavy atom. The van der Waals surface area contributed by atoms with Crippen molar-refractivity contribution in [1.29, 1.82) is 0 Å². The van der Waals surface area contributed by atoms with Gasteiger partial charge in [-0.25, -0.2) is 0 Å². The molecule has 26 heavy (non-hydrogen) atoms. The highest BCUT2D eigenvalue weighted by Gasteiger charge is 2.14. The first-order valence-electron chi connectivity index (χ1n) is 8.06. The fourth-order valence-corrected chi connectivity index (χ4v) is 3.10. The second-order valence-electron chi connectivity index (χ2n) is 6.19. The van der Waals surface area contributed by atoms with Gasteiger partial charge in [-0.15, -0.1) is 0 Å². The average Bonchev–Trinajstić information content (AvgIpc) is 2.52. The molecule has 2 rings (SSSR count). The van der Waals surface area contributed by atoms with E-state index in [4.69, 9.17) is 23.2 Å². The molecule has 2 aromatic rings. The molecular weight excluding hydrogens is 373 g/mol. The highest BCUT2D eigenvalue weighted by molar-refractivity contribution is 6.34. The van der Waals surface area contributed by atoms with Crippen LogP contribution in [0.4, 0.5) is 11.4 Å². The first kappa shape index (κ1) is 20.2. The van der Waals surface area contributed by atoms with Crippen LogP contribution in [0.25, 0.3) is 0 Å². The summed E-state index contributed by atoms with van der Waals surface area (Å²) < 4.78 is 0. The minimum atomic E-state index is -0.252. The molecule has 0 fully saturated rings. The number of hydrogen-bond donors (Lipinski definition) is 2. The monoisotopic (exact) mass is 393 g/mol. The Hall–Kier alpha value is -2.08. The highest BCUT2D eigenvalue weighted by atomic mass is 35.5. The van der Waals surface area contributed by atoms with Gasteiger partial charge in [-0.1, -0.05) is 41.4 Å². The molecule has 0 saturated carbocycles. The van der Waals surface area contributed by atoms with E-state index in [1.165, 1.54) is 0 Å². The van der Waals surface area contributed by atoms with Crippen molar-refractivity contribution in [3.8, 4) is 0 Å². The fraction of sp³-hybridized carbons (Fsp3) is 0.263. The second-order valence-corrected chi connectivity index (χ2v) is 7.00. The van der Waals surface area contributed by atoms with Crippen LogP contribution in [-0.2, 0) is 9.59 Å². The molecule has 7 heteroatoms.